The van der Waals surface area contributed by atoms with Crippen LogP contribution in [0.1, 0.15) is 33.0 Å². The minimum absolute atomic E-state index is 0.586. The Morgan fingerprint density at radius 2 is 2.18 bits per heavy atom. The Morgan fingerprint density at radius 1 is 1.35 bits per heavy atom. The maximum Gasteiger partial charge on any atom is 0.122 e. The van der Waals surface area contributed by atoms with Crippen molar-refractivity contribution in [1.82, 2.24) is 19.8 Å². The summed E-state index contributed by atoms with van der Waals surface area (Å²) < 4.78 is 2.26. The second kappa shape index (κ2) is 5.65. The highest BCUT2D eigenvalue weighted by Crippen LogP contribution is 2.14. The van der Waals surface area contributed by atoms with E-state index in [-0.39, 0.29) is 0 Å². The molecular formula is C13H24N4. The Morgan fingerprint density at radius 3 is 2.94 bits per heavy atom. The molecule has 0 saturated heterocycles. The third-order valence-electron chi connectivity index (χ3n) is 3.51. The summed E-state index contributed by atoms with van der Waals surface area (Å²) in [4.78, 5) is 6.94. The Kier molecular flexibility index (Phi) is 4.18. The molecule has 0 spiro atoms. The summed E-state index contributed by atoms with van der Waals surface area (Å²) in [6.07, 6.45) is 5.19. The van der Waals surface area contributed by atoms with Crippen LogP contribution in [0.5, 0.6) is 0 Å². The average Bonchev–Trinajstić information content (AvgIpc) is 2.75. The molecule has 1 aliphatic heterocycles. The van der Waals surface area contributed by atoms with Gasteiger partial charge in [0.15, 0.2) is 0 Å². The molecule has 1 aromatic rings. The summed E-state index contributed by atoms with van der Waals surface area (Å²) in [5.74, 6) is 1.21. The van der Waals surface area contributed by atoms with E-state index in [0.717, 1.165) is 26.2 Å². The zero-order valence-corrected chi connectivity index (χ0v) is 11.2. The van der Waals surface area contributed by atoms with E-state index in [1.54, 1.807) is 0 Å². The molecule has 1 aliphatic rings. The quantitative estimate of drug-likeness (QED) is 0.840. The summed E-state index contributed by atoms with van der Waals surface area (Å²) in [6, 6.07) is 1.22. The lowest BCUT2D eigenvalue weighted by Gasteiger charge is -2.33. The molecule has 0 saturated carbocycles. The van der Waals surface area contributed by atoms with Crippen molar-refractivity contribution in [3.63, 3.8) is 0 Å². The highest BCUT2D eigenvalue weighted by atomic mass is 15.2. The van der Waals surface area contributed by atoms with Crippen molar-refractivity contribution in [3.05, 3.63) is 18.2 Å². The van der Waals surface area contributed by atoms with Gasteiger partial charge >= 0.3 is 0 Å². The van der Waals surface area contributed by atoms with E-state index in [1.165, 1.54) is 12.2 Å². The van der Waals surface area contributed by atoms with Crippen molar-refractivity contribution >= 4 is 0 Å². The SMILES string of the molecule is CC(C)NCCC(C)N1CCn2ccnc2C1. The molecule has 1 aromatic heterocycles. The number of hydrogen-bond acceptors (Lipinski definition) is 3. The normalized spacial score (nSPS) is 18.4. The molecule has 1 atom stereocenters. The summed E-state index contributed by atoms with van der Waals surface area (Å²) >= 11 is 0. The molecular weight excluding hydrogens is 212 g/mol. The summed E-state index contributed by atoms with van der Waals surface area (Å²) in [7, 11) is 0. The van der Waals surface area contributed by atoms with E-state index < -0.39 is 0 Å². The van der Waals surface area contributed by atoms with Gasteiger partial charge in [-0.2, -0.15) is 0 Å². The molecule has 0 fully saturated rings. The van der Waals surface area contributed by atoms with Crippen LogP contribution in [0.25, 0.3) is 0 Å². The molecule has 17 heavy (non-hydrogen) atoms. The van der Waals surface area contributed by atoms with E-state index in [9.17, 15) is 0 Å². The first kappa shape index (κ1) is 12.6. The number of rotatable bonds is 5. The fourth-order valence-electron chi connectivity index (χ4n) is 2.33. The molecule has 96 valence electrons. The van der Waals surface area contributed by atoms with E-state index in [2.05, 4.69) is 46.7 Å². The molecule has 4 nitrogen and oxygen atoms in total. The van der Waals surface area contributed by atoms with Gasteiger partial charge in [0, 0.05) is 37.6 Å². The standard InChI is InChI=1S/C13H24N4/c1-11(2)14-5-4-12(3)17-9-8-16-7-6-15-13(16)10-17/h6-7,11-12,14H,4-5,8-10H2,1-3H3. The fourth-order valence-corrected chi connectivity index (χ4v) is 2.33. The molecule has 0 aromatic carbocycles. The van der Waals surface area contributed by atoms with Crippen LogP contribution < -0.4 is 5.32 Å². The second-order valence-corrected chi connectivity index (χ2v) is 5.25. The molecule has 0 radical (unpaired) electrons. The van der Waals surface area contributed by atoms with Gasteiger partial charge in [0.05, 0.1) is 6.54 Å². The zero-order chi connectivity index (χ0) is 12.3. The monoisotopic (exact) mass is 236 g/mol. The van der Waals surface area contributed by atoms with Gasteiger partial charge in [-0.05, 0) is 19.9 Å². The van der Waals surface area contributed by atoms with Crippen LogP contribution in [0.2, 0.25) is 0 Å². The van der Waals surface area contributed by atoms with Crippen molar-refractivity contribution in [1.29, 1.82) is 0 Å². The van der Waals surface area contributed by atoms with Crippen molar-refractivity contribution in [3.8, 4) is 0 Å². The number of aromatic nitrogens is 2. The summed E-state index contributed by atoms with van der Waals surface area (Å²) in [5.41, 5.74) is 0. The lowest BCUT2D eigenvalue weighted by molar-refractivity contribution is 0.155. The lowest BCUT2D eigenvalue weighted by Crippen LogP contribution is -2.41. The molecule has 1 unspecified atom stereocenters. The van der Waals surface area contributed by atoms with Crippen molar-refractivity contribution in [2.75, 3.05) is 13.1 Å². The minimum Gasteiger partial charge on any atom is -0.333 e. The van der Waals surface area contributed by atoms with Gasteiger partial charge in [0.1, 0.15) is 5.82 Å². The first-order chi connectivity index (χ1) is 8.16. The van der Waals surface area contributed by atoms with Gasteiger partial charge in [-0.15, -0.1) is 0 Å². The smallest absolute Gasteiger partial charge is 0.122 e. The topological polar surface area (TPSA) is 33.1 Å². The zero-order valence-electron chi connectivity index (χ0n) is 11.2. The number of fused-ring (bicyclic) bond motifs is 1. The maximum absolute atomic E-state index is 4.40. The van der Waals surface area contributed by atoms with E-state index in [1.807, 2.05) is 6.20 Å². The predicted molar refractivity (Wildman–Crippen MR) is 69.9 cm³/mol. The number of nitrogens with zero attached hydrogens (tertiary/aromatic N) is 3. The predicted octanol–water partition coefficient (Wildman–Crippen LogP) is 1.48. The lowest BCUT2D eigenvalue weighted by atomic mass is 10.1. The molecule has 4 heteroatoms. The van der Waals surface area contributed by atoms with Gasteiger partial charge < -0.3 is 9.88 Å². The van der Waals surface area contributed by atoms with Crippen molar-refractivity contribution in [2.24, 2.45) is 0 Å². The highest BCUT2D eigenvalue weighted by Gasteiger charge is 2.20. The molecule has 1 N–H and O–H groups in total. The Labute approximate surface area is 104 Å². The van der Waals surface area contributed by atoms with Crippen LogP contribution in [0.3, 0.4) is 0 Å². The van der Waals surface area contributed by atoms with Gasteiger partial charge in [-0.3, -0.25) is 4.90 Å². The van der Waals surface area contributed by atoms with Crippen LogP contribution in [-0.2, 0) is 13.1 Å². The number of hydrogen-bond donors (Lipinski definition) is 1. The highest BCUT2D eigenvalue weighted by molar-refractivity contribution is 4.96. The Hall–Kier alpha value is -0.870. The maximum atomic E-state index is 4.40. The van der Waals surface area contributed by atoms with Crippen LogP contribution >= 0.6 is 0 Å². The average molecular weight is 236 g/mol. The van der Waals surface area contributed by atoms with E-state index >= 15 is 0 Å². The molecule has 0 aliphatic carbocycles. The van der Waals surface area contributed by atoms with Gasteiger partial charge in [0.2, 0.25) is 0 Å². The van der Waals surface area contributed by atoms with Crippen LogP contribution in [0.4, 0.5) is 0 Å². The fraction of sp³-hybridized carbons (Fsp3) is 0.769. The van der Waals surface area contributed by atoms with Crippen LogP contribution in [-0.4, -0.2) is 39.6 Å². The largest absolute Gasteiger partial charge is 0.333 e. The van der Waals surface area contributed by atoms with Crippen molar-refractivity contribution in [2.45, 2.75) is 52.4 Å². The second-order valence-electron chi connectivity index (χ2n) is 5.25. The Bertz CT molecular complexity index is 345. The van der Waals surface area contributed by atoms with Crippen molar-refractivity contribution < 1.29 is 0 Å². The minimum atomic E-state index is 0.586. The molecule has 2 rings (SSSR count). The third-order valence-corrected chi connectivity index (χ3v) is 3.51. The van der Waals surface area contributed by atoms with Gasteiger partial charge in [-0.1, -0.05) is 13.8 Å². The number of nitrogens with one attached hydrogen (secondary N) is 1. The first-order valence-corrected chi connectivity index (χ1v) is 6.64. The van der Waals surface area contributed by atoms with Gasteiger partial charge in [0.25, 0.3) is 0 Å². The van der Waals surface area contributed by atoms with Crippen LogP contribution in [0, 0.1) is 0 Å². The molecule has 0 amide bonds. The summed E-state index contributed by atoms with van der Waals surface area (Å²) in [5, 5.41) is 3.48. The first-order valence-electron chi connectivity index (χ1n) is 6.64. The van der Waals surface area contributed by atoms with Gasteiger partial charge in [-0.25, -0.2) is 4.98 Å². The Balaban J connectivity index is 1.79. The van der Waals surface area contributed by atoms with E-state index in [0.29, 0.717) is 12.1 Å². The van der Waals surface area contributed by atoms with E-state index in [4.69, 9.17) is 0 Å². The summed E-state index contributed by atoms with van der Waals surface area (Å²) in [6.45, 7) is 11.0. The molecule has 2 heterocycles. The number of imidazole rings is 1. The third kappa shape index (κ3) is 3.30. The molecule has 0 bridgehead atoms. The van der Waals surface area contributed by atoms with Crippen LogP contribution in [0.15, 0.2) is 12.4 Å².